The Morgan fingerprint density at radius 3 is 2.70 bits per heavy atom. The van der Waals surface area contributed by atoms with E-state index in [0.29, 0.717) is 30.2 Å². The maximum atomic E-state index is 13.5. The van der Waals surface area contributed by atoms with E-state index in [4.69, 9.17) is 4.42 Å². The first-order valence-corrected chi connectivity index (χ1v) is 11.3. The number of benzene rings is 2. The number of rotatable bonds is 4. The Balaban J connectivity index is 1.28. The molecule has 3 aromatic rings. The highest BCUT2D eigenvalue weighted by molar-refractivity contribution is 8.18. The molecule has 3 heterocycles. The predicted molar refractivity (Wildman–Crippen MR) is 122 cm³/mol. The van der Waals surface area contributed by atoms with E-state index in [2.05, 4.69) is 0 Å². The van der Waals surface area contributed by atoms with E-state index in [1.54, 1.807) is 29.2 Å². The second-order valence-corrected chi connectivity index (χ2v) is 8.81. The van der Waals surface area contributed by atoms with Gasteiger partial charge in [0.2, 0.25) is 5.91 Å². The molecule has 1 fully saturated rings. The van der Waals surface area contributed by atoms with Crippen LogP contribution in [0.4, 0.5) is 9.18 Å². The molecule has 1 saturated heterocycles. The highest BCUT2D eigenvalue weighted by Gasteiger charge is 2.37. The molecule has 0 saturated carbocycles. The van der Waals surface area contributed by atoms with Gasteiger partial charge in [-0.1, -0.05) is 36.4 Å². The van der Waals surface area contributed by atoms with Crippen molar-refractivity contribution in [3.05, 3.63) is 88.3 Å². The van der Waals surface area contributed by atoms with Gasteiger partial charge in [0.15, 0.2) is 0 Å². The predicted octanol–water partition coefficient (Wildman–Crippen LogP) is 4.71. The number of fused-ring (bicyclic) bond motifs is 1. The molecule has 8 heteroatoms. The fourth-order valence-electron chi connectivity index (χ4n) is 3.94. The molecule has 6 nitrogen and oxygen atoms in total. The zero-order chi connectivity index (χ0) is 22.9. The van der Waals surface area contributed by atoms with Gasteiger partial charge >= 0.3 is 0 Å². The van der Waals surface area contributed by atoms with Crippen LogP contribution in [0.5, 0.6) is 0 Å². The van der Waals surface area contributed by atoms with Gasteiger partial charge in [0.1, 0.15) is 23.9 Å². The van der Waals surface area contributed by atoms with Crippen LogP contribution < -0.4 is 0 Å². The molecule has 3 amide bonds. The first kappa shape index (κ1) is 21.2. The van der Waals surface area contributed by atoms with E-state index in [1.165, 1.54) is 23.8 Å². The molecule has 0 N–H and O–H groups in total. The van der Waals surface area contributed by atoms with Crippen molar-refractivity contribution in [2.24, 2.45) is 0 Å². The normalized spacial score (nSPS) is 17.1. The average Bonchev–Trinajstić information content (AvgIpc) is 3.39. The van der Waals surface area contributed by atoms with Crippen LogP contribution in [0, 0.1) is 5.82 Å². The smallest absolute Gasteiger partial charge is 0.294 e. The maximum absolute atomic E-state index is 13.5. The van der Waals surface area contributed by atoms with Gasteiger partial charge in [0, 0.05) is 24.7 Å². The lowest BCUT2D eigenvalue weighted by Gasteiger charge is -2.29. The van der Waals surface area contributed by atoms with Gasteiger partial charge < -0.3 is 9.32 Å². The summed E-state index contributed by atoms with van der Waals surface area (Å²) in [6.45, 7) is 0.727. The van der Waals surface area contributed by atoms with Gasteiger partial charge in [0.05, 0.1) is 4.91 Å². The number of hydrogen-bond donors (Lipinski definition) is 0. The molecule has 2 aromatic carbocycles. The highest BCUT2D eigenvalue weighted by Crippen LogP contribution is 2.33. The number of thioether (sulfide) groups is 1. The van der Waals surface area contributed by atoms with Crippen LogP contribution in [0.25, 0.3) is 17.4 Å². The number of imide groups is 1. The molecule has 0 spiro atoms. The SMILES string of the molecule is O=C(CN1C(=O)S/C(=C\c2ccc(-c3cccc(F)c3)o2)C1=O)N1CCc2ccccc2C1. The van der Waals surface area contributed by atoms with Gasteiger partial charge in [-0.3, -0.25) is 19.3 Å². The van der Waals surface area contributed by atoms with E-state index >= 15 is 0 Å². The van der Waals surface area contributed by atoms with E-state index in [0.717, 1.165) is 28.6 Å². The number of hydrogen-bond acceptors (Lipinski definition) is 5. The Morgan fingerprint density at radius 1 is 1.06 bits per heavy atom. The molecule has 166 valence electrons. The maximum Gasteiger partial charge on any atom is 0.294 e. The fourth-order valence-corrected chi connectivity index (χ4v) is 4.76. The Bertz CT molecular complexity index is 1300. The second kappa shape index (κ2) is 8.71. The third kappa shape index (κ3) is 4.34. The fraction of sp³-hybridized carbons (Fsp3) is 0.160. The van der Waals surface area contributed by atoms with E-state index in [-0.39, 0.29) is 23.2 Å². The quantitative estimate of drug-likeness (QED) is 0.526. The van der Waals surface area contributed by atoms with Crippen molar-refractivity contribution >= 4 is 34.9 Å². The minimum Gasteiger partial charge on any atom is -0.457 e. The first-order chi connectivity index (χ1) is 16.0. The number of nitrogens with zero attached hydrogens (tertiary/aromatic N) is 2. The molecule has 0 atom stereocenters. The molecular formula is C25H19FN2O4S. The number of furan rings is 1. The Hall–Kier alpha value is -3.65. The van der Waals surface area contributed by atoms with Gasteiger partial charge in [-0.2, -0.15) is 0 Å². The third-order valence-corrected chi connectivity index (χ3v) is 6.57. The van der Waals surface area contributed by atoms with Crippen molar-refractivity contribution < 1.29 is 23.2 Å². The van der Waals surface area contributed by atoms with Crippen molar-refractivity contribution in [2.45, 2.75) is 13.0 Å². The lowest BCUT2D eigenvalue weighted by atomic mass is 10.00. The van der Waals surface area contributed by atoms with Crippen molar-refractivity contribution in [1.29, 1.82) is 0 Å². The molecular weight excluding hydrogens is 443 g/mol. The lowest BCUT2D eigenvalue weighted by molar-refractivity contribution is -0.136. The average molecular weight is 463 g/mol. The number of halogens is 1. The number of carbonyl (C=O) groups excluding carboxylic acids is 3. The van der Waals surface area contributed by atoms with Crippen LogP contribution in [0.15, 0.2) is 70.0 Å². The van der Waals surface area contributed by atoms with Gasteiger partial charge in [0.25, 0.3) is 11.1 Å². The summed E-state index contributed by atoms with van der Waals surface area (Å²) in [6, 6.07) is 17.2. The van der Waals surface area contributed by atoms with Gasteiger partial charge in [-0.25, -0.2) is 4.39 Å². The van der Waals surface area contributed by atoms with Crippen molar-refractivity contribution in [1.82, 2.24) is 9.80 Å². The molecule has 33 heavy (non-hydrogen) atoms. The van der Waals surface area contributed by atoms with Gasteiger partial charge in [-0.05, 0) is 53.6 Å². The van der Waals surface area contributed by atoms with E-state index in [9.17, 15) is 18.8 Å². The minimum atomic E-state index is -0.528. The Labute approximate surface area is 193 Å². The molecule has 1 aromatic heterocycles. The molecule has 0 radical (unpaired) electrons. The summed E-state index contributed by atoms with van der Waals surface area (Å²) < 4.78 is 19.2. The summed E-state index contributed by atoms with van der Waals surface area (Å²) in [7, 11) is 0. The largest absolute Gasteiger partial charge is 0.457 e. The highest BCUT2D eigenvalue weighted by atomic mass is 32.2. The van der Waals surface area contributed by atoms with Crippen LogP contribution in [-0.2, 0) is 22.6 Å². The van der Waals surface area contributed by atoms with Crippen LogP contribution >= 0.6 is 11.8 Å². The summed E-state index contributed by atoms with van der Waals surface area (Å²) in [6.07, 6.45) is 2.21. The first-order valence-electron chi connectivity index (χ1n) is 10.4. The lowest BCUT2D eigenvalue weighted by Crippen LogP contribution is -2.44. The topological polar surface area (TPSA) is 70.8 Å². The summed E-state index contributed by atoms with van der Waals surface area (Å²) in [5.41, 5.74) is 2.86. The summed E-state index contributed by atoms with van der Waals surface area (Å²) in [5, 5.41) is -0.492. The van der Waals surface area contributed by atoms with Crippen LogP contribution in [0.1, 0.15) is 16.9 Å². The van der Waals surface area contributed by atoms with Crippen molar-refractivity contribution in [3.8, 4) is 11.3 Å². The number of amides is 3. The van der Waals surface area contributed by atoms with Gasteiger partial charge in [-0.15, -0.1) is 0 Å². The van der Waals surface area contributed by atoms with E-state index < -0.39 is 11.1 Å². The zero-order valence-corrected chi connectivity index (χ0v) is 18.3. The van der Waals surface area contributed by atoms with Crippen LogP contribution in [0.3, 0.4) is 0 Å². The monoisotopic (exact) mass is 462 g/mol. The van der Waals surface area contributed by atoms with Crippen molar-refractivity contribution in [3.63, 3.8) is 0 Å². The Kier molecular flexibility index (Phi) is 5.60. The standard InChI is InChI=1S/C25H19FN2O4S/c26-19-7-3-6-17(12-19)21-9-8-20(32-21)13-22-24(30)28(25(31)33-22)15-23(29)27-11-10-16-4-1-2-5-18(16)14-27/h1-9,12-13H,10-11,14-15H2/b22-13-. The third-order valence-electron chi connectivity index (χ3n) is 5.66. The molecule has 5 rings (SSSR count). The molecule has 0 aliphatic carbocycles. The number of carbonyl (C=O) groups is 3. The van der Waals surface area contributed by atoms with E-state index in [1.807, 2.05) is 24.3 Å². The minimum absolute atomic E-state index is 0.178. The van der Waals surface area contributed by atoms with Crippen LogP contribution in [-0.4, -0.2) is 39.9 Å². The molecule has 0 bridgehead atoms. The summed E-state index contributed by atoms with van der Waals surface area (Å²) >= 11 is 0.769. The van der Waals surface area contributed by atoms with Crippen LogP contribution in [0.2, 0.25) is 0 Å². The molecule has 2 aliphatic heterocycles. The molecule has 0 unspecified atom stereocenters. The summed E-state index contributed by atoms with van der Waals surface area (Å²) in [4.78, 5) is 40.9. The molecule has 2 aliphatic rings. The second-order valence-electron chi connectivity index (χ2n) is 7.81. The van der Waals surface area contributed by atoms with Crippen molar-refractivity contribution in [2.75, 3.05) is 13.1 Å². The summed E-state index contributed by atoms with van der Waals surface area (Å²) in [5.74, 6) is -0.369. The Morgan fingerprint density at radius 2 is 1.88 bits per heavy atom. The zero-order valence-electron chi connectivity index (χ0n) is 17.5.